The number of alkyl halides is 1. The minimum Gasteiger partial charge on any atom is -0.494 e. The molecule has 5 nitrogen and oxygen atoms in total. The van der Waals surface area contributed by atoms with E-state index in [1.807, 2.05) is 36.4 Å². The number of unbranched alkanes of at least 4 members (excludes halogenated alkanes) is 1. The van der Waals surface area contributed by atoms with Gasteiger partial charge in [0.25, 0.3) is 0 Å². The Morgan fingerprint density at radius 1 is 1.03 bits per heavy atom. The van der Waals surface area contributed by atoms with Crippen LogP contribution in [0.15, 0.2) is 48.5 Å². The minimum absolute atomic E-state index is 0.122. The molecule has 194 valence electrons. The fraction of sp³-hybridized carbons (Fsp3) is 0.533. The van der Waals surface area contributed by atoms with Gasteiger partial charge in [-0.1, -0.05) is 69.0 Å². The number of halogens is 1. The molecule has 2 aliphatic rings. The fourth-order valence-electron chi connectivity index (χ4n) is 5.63. The molecule has 2 aliphatic carbocycles. The number of aryl methyl sites for hydroxylation is 1. The lowest BCUT2D eigenvalue weighted by Gasteiger charge is -2.41. The topological polar surface area (TPSA) is 58.6 Å². The van der Waals surface area contributed by atoms with Gasteiger partial charge in [-0.15, -0.1) is 11.6 Å². The highest BCUT2D eigenvalue weighted by molar-refractivity contribution is 6.27. The van der Waals surface area contributed by atoms with Crippen LogP contribution >= 0.6 is 11.6 Å². The molecule has 0 radical (unpaired) electrons. The first-order valence-electron chi connectivity index (χ1n) is 13.6. The van der Waals surface area contributed by atoms with Crippen LogP contribution in [0.25, 0.3) is 0 Å². The number of ether oxygens (including phenoxy) is 1. The van der Waals surface area contributed by atoms with Gasteiger partial charge in [-0.3, -0.25) is 9.59 Å². The summed E-state index contributed by atoms with van der Waals surface area (Å²) in [4.78, 5) is 29.2. The Bertz CT molecular complexity index is 1000. The molecule has 6 heteroatoms. The zero-order valence-corrected chi connectivity index (χ0v) is 22.1. The van der Waals surface area contributed by atoms with Gasteiger partial charge in [0.1, 0.15) is 17.7 Å². The Morgan fingerprint density at radius 3 is 2.50 bits per heavy atom. The van der Waals surface area contributed by atoms with Crippen molar-refractivity contribution in [2.45, 2.75) is 89.3 Å². The van der Waals surface area contributed by atoms with E-state index < -0.39 is 6.04 Å². The van der Waals surface area contributed by atoms with E-state index in [1.54, 1.807) is 4.90 Å². The van der Waals surface area contributed by atoms with Crippen molar-refractivity contribution in [2.24, 2.45) is 0 Å². The first-order chi connectivity index (χ1) is 17.6. The van der Waals surface area contributed by atoms with Crippen molar-refractivity contribution >= 4 is 23.4 Å². The molecule has 2 atom stereocenters. The number of fused-ring (bicyclic) bond motifs is 1. The molecule has 2 aromatic rings. The Morgan fingerprint density at radius 2 is 1.78 bits per heavy atom. The van der Waals surface area contributed by atoms with Crippen LogP contribution in [0, 0.1) is 0 Å². The molecule has 2 amide bonds. The highest BCUT2D eigenvalue weighted by Crippen LogP contribution is 2.40. The third-order valence-electron chi connectivity index (χ3n) is 7.52. The number of carbonyl (C=O) groups excluding carboxylic acids is 2. The molecule has 36 heavy (non-hydrogen) atoms. The SMILES string of the molecule is CCCCOc1ccc(C(C(=O)NC2CCCCC2)N(C(=O)CCl)C2CCCc3ccccc32)cc1. The van der Waals surface area contributed by atoms with E-state index in [-0.39, 0.29) is 29.8 Å². The average Bonchev–Trinajstić information content (AvgIpc) is 2.92. The van der Waals surface area contributed by atoms with Crippen LogP contribution in [0.4, 0.5) is 0 Å². The molecule has 0 spiro atoms. The highest BCUT2D eigenvalue weighted by atomic mass is 35.5. The second kappa shape index (κ2) is 13.1. The summed E-state index contributed by atoms with van der Waals surface area (Å²) in [5, 5.41) is 3.29. The first-order valence-corrected chi connectivity index (χ1v) is 14.1. The lowest BCUT2D eigenvalue weighted by molar-refractivity contribution is -0.142. The Hall–Kier alpha value is -2.53. The monoisotopic (exact) mass is 510 g/mol. The van der Waals surface area contributed by atoms with Crippen LogP contribution in [-0.4, -0.2) is 35.2 Å². The second-order valence-corrected chi connectivity index (χ2v) is 10.3. The zero-order valence-electron chi connectivity index (χ0n) is 21.4. The number of carbonyl (C=O) groups is 2. The number of hydrogen-bond donors (Lipinski definition) is 1. The summed E-state index contributed by atoms with van der Waals surface area (Å²) >= 11 is 6.17. The lowest BCUT2D eigenvalue weighted by Crippen LogP contribution is -2.49. The highest BCUT2D eigenvalue weighted by Gasteiger charge is 2.39. The summed E-state index contributed by atoms with van der Waals surface area (Å²) < 4.78 is 5.85. The van der Waals surface area contributed by atoms with Gasteiger partial charge in [-0.2, -0.15) is 0 Å². The molecule has 0 bridgehead atoms. The molecule has 0 aliphatic heterocycles. The summed E-state index contributed by atoms with van der Waals surface area (Å²) in [5.41, 5.74) is 3.15. The van der Waals surface area contributed by atoms with Crippen molar-refractivity contribution in [3.8, 4) is 5.75 Å². The number of amides is 2. The number of benzene rings is 2. The number of nitrogens with one attached hydrogen (secondary N) is 1. The van der Waals surface area contributed by atoms with E-state index in [0.29, 0.717) is 6.61 Å². The summed E-state index contributed by atoms with van der Waals surface area (Å²) in [6.45, 7) is 2.80. The quantitative estimate of drug-likeness (QED) is 0.293. The van der Waals surface area contributed by atoms with Crippen molar-refractivity contribution in [1.82, 2.24) is 10.2 Å². The van der Waals surface area contributed by atoms with Crippen LogP contribution in [0.2, 0.25) is 0 Å². The van der Waals surface area contributed by atoms with Crippen LogP contribution in [-0.2, 0) is 16.0 Å². The largest absolute Gasteiger partial charge is 0.494 e. The maximum absolute atomic E-state index is 13.9. The Kier molecular flexibility index (Phi) is 9.68. The van der Waals surface area contributed by atoms with E-state index in [0.717, 1.165) is 74.7 Å². The summed E-state index contributed by atoms with van der Waals surface area (Å²) in [5.74, 6) is 0.273. The molecule has 1 N–H and O–H groups in total. The molecule has 1 saturated carbocycles. The van der Waals surface area contributed by atoms with E-state index in [4.69, 9.17) is 16.3 Å². The van der Waals surface area contributed by atoms with E-state index in [1.165, 1.54) is 12.0 Å². The van der Waals surface area contributed by atoms with Gasteiger partial charge in [-0.25, -0.2) is 0 Å². The van der Waals surface area contributed by atoms with Crippen LogP contribution in [0.3, 0.4) is 0 Å². The molecule has 2 aromatic carbocycles. The molecule has 0 heterocycles. The zero-order chi connectivity index (χ0) is 25.3. The summed E-state index contributed by atoms with van der Waals surface area (Å²) in [7, 11) is 0. The van der Waals surface area contributed by atoms with E-state index in [2.05, 4.69) is 24.4 Å². The number of rotatable bonds is 10. The van der Waals surface area contributed by atoms with Crippen LogP contribution in [0.1, 0.15) is 93.5 Å². The molecule has 4 rings (SSSR count). The summed E-state index contributed by atoms with van der Waals surface area (Å²) in [6.07, 6.45) is 10.3. The maximum Gasteiger partial charge on any atom is 0.247 e. The van der Waals surface area contributed by atoms with Gasteiger partial charge in [0.05, 0.1) is 12.6 Å². The van der Waals surface area contributed by atoms with Crippen LogP contribution in [0.5, 0.6) is 5.75 Å². The van der Waals surface area contributed by atoms with Gasteiger partial charge < -0.3 is 15.0 Å². The van der Waals surface area contributed by atoms with Crippen molar-refractivity contribution in [2.75, 3.05) is 12.5 Å². The molecule has 1 fully saturated rings. The molecule has 2 unspecified atom stereocenters. The van der Waals surface area contributed by atoms with Crippen molar-refractivity contribution in [1.29, 1.82) is 0 Å². The smallest absolute Gasteiger partial charge is 0.247 e. The fourth-order valence-corrected chi connectivity index (χ4v) is 5.77. The minimum atomic E-state index is -0.751. The second-order valence-electron chi connectivity index (χ2n) is 10.1. The first kappa shape index (κ1) is 26.5. The van der Waals surface area contributed by atoms with Crippen molar-refractivity contribution in [3.63, 3.8) is 0 Å². The third-order valence-corrected chi connectivity index (χ3v) is 7.75. The Balaban J connectivity index is 1.69. The Labute approximate surface area is 220 Å². The molecule has 0 saturated heterocycles. The average molecular weight is 511 g/mol. The van der Waals surface area contributed by atoms with Crippen molar-refractivity contribution < 1.29 is 14.3 Å². The lowest BCUT2D eigenvalue weighted by atomic mass is 9.85. The van der Waals surface area contributed by atoms with E-state index in [9.17, 15) is 9.59 Å². The molecule has 0 aromatic heterocycles. The third kappa shape index (κ3) is 6.42. The standard InChI is InChI=1S/C30H39ClN2O3/c1-2-3-20-36-25-18-16-23(17-19-25)29(30(35)32-24-12-5-4-6-13-24)33(28(34)21-31)27-15-9-11-22-10-7-8-14-26(22)27/h7-8,10,14,16-19,24,27,29H,2-6,9,11-13,15,20-21H2,1H3,(H,32,35). The summed E-state index contributed by atoms with van der Waals surface area (Å²) in [6, 6.07) is 15.2. The van der Waals surface area contributed by atoms with Crippen LogP contribution < -0.4 is 10.1 Å². The number of nitrogens with zero attached hydrogens (tertiary/aromatic N) is 1. The van der Waals surface area contributed by atoms with Gasteiger partial charge in [0, 0.05) is 6.04 Å². The number of hydrogen-bond acceptors (Lipinski definition) is 3. The molecular formula is C30H39ClN2O3. The maximum atomic E-state index is 13.9. The normalized spacial score (nSPS) is 18.7. The van der Waals surface area contributed by atoms with Crippen molar-refractivity contribution in [3.05, 3.63) is 65.2 Å². The van der Waals surface area contributed by atoms with Gasteiger partial charge >= 0.3 is 0 Å². The van der Waals surface area contributed by atoms with E-state index >= 15 is 0 Å². The van der Waals surface area contributed by atoms with Gasteiger partial charge in [0.2, 0.25) is 11.8 Å². The predicted molar refractivity (Wildman–Crippen MR) is 144 cm³/mol. The van der Waals surface area contributed by atoms with Gasteiger partial charge in [-0.05, 0) is 67.3 Å². The molecular weight excluding hydrogens is 472 g/mol. The predicted octanol–water partition coefficient (Wildman–Crippen LogP) is 6.50. The van der Waals surface area contributed by atoms with Gasteiger partial charge in [0.15, 0.2) is 0 Å².